The Morgan fingerprint density at radius 3 is 2.50 bits per heavy atom. The Morgan fingerprint density at radius 1 is 1.12 bits per heavy atom. The van der Waals surface area contributed by atoms with Crippen molar-refractivity contribution in [3.8, 4) is 0 Å². The fourth-order valence-electron chi connectivity index (χ4n) is 3.97. The zero-order chi connectivity index (χ0) is 11.6. The van der Waals surface area contributed by atoms with Gasteiger partial charge in [-0.3, -0.25) is 0 Å². The van der Waals surface area contributed by atoms with Gasteiger partial charge in [0.1, 0.15) is 0 Å². The summed E-state index contributed by atoms with van der Waals surface area (Å²) in [6.07, 6.45) is 15.3. The molecule has 0 bridgehead atoms. The molecule has 0 aliphatic heterocycles. The molecule has 0 nitrogen and oxygen atoms in total. The third-order valence-electron chi connectivity index (χ3n) is 4.69. The molecule has 0 spiro atoms. The summed E-state index contributed by atoms with van der Waals surface area (Å²) in [4.78, 5) is 1.77. The Balaban J connectivity index is 0.000000457. The van der Waals surface area contributed by atoms with Crippen molar-refractivity contribution in [2.24, 2.45) is 17.3 Å². The average Bonchev–Trinajstić information content (AvgIpc) is 3.13. The van der Waals surface area contributed by atoms with Crippen molar-refractivity contribution < 1.29 is 0 Å². The van der Waals surface area contributed by atoms with Gasteiger partial charge < -0.3 is 0 Å². The number of hydrogen-bond acceptors (Lipinski definition) is 1. The predicted molar refractivity (Wildman–Crippen MR) is 74.7 cm³/mol. The van der Waals surface area contributed by atoms with Gasteiger partial charge in [-0.2, -0.15) is 0 Å². The van der Waals surface area contributed by atoms with E-state index in [0.717, 1.165) is 11.8 Å². The minimum absolute atomic E-state index is 0.692. The Bertz CT molecular complexity index is 265. The zero-order valence-electron chi connectivity index (χ0n) is 11.1. The first-order valence-corrected chi connectivity index (χ1v) is 8.35. The van der Waals surface area contributed by atoms with Crippen LogP contribution in [0.2, 0.25) is 0 Å². The average molecular weight is 238 g/mol. The highest BCUT2D eigenvalue weighted by atomic mass is 32.2. The number of fused-ring (bicyclic) bond motifs is 1. The van der Waals surface area contributed by atoms with E-state index in [1.807, 2.05) is 25.6 Å². The molecular formula is C15H26S. The van der Waals surface area contributed by atoms with Gasteiger partial charge in [-0.15, -0.1) is 11.8 Å². The molecule has 2 saturated carbocycles. The van der Waals surface area contributed by atoms with Gasteiger partial charge in [0.05, 0.1) is 0 Å². The highest BCUT2D eigenvalue weighted by Gasteiger charge is 2.54. The van der Waals surface area contributed by atoms with Crippen LogP contribution in [0.25, 0.3) is 0 Å². The van der Waals surface area contributed by atoms with Gasteiger partial charge >= 0.3 is 0 Å². The molecule has 0 N–H and O–H groups in total. The minimum Gasteiger partial charge on any atom is -0.134 e. The fraction of sp³-hybridized carbons (Fsp3) is 0.867. The number of thioether (sulfide) groups is 1. The van der Waals surface area contributed by atoms with Crippen LogP contribution in [-0.2, 0) is 0 Å². The summed E-state index contributed by atoms with van der Waals surface area (Å²) >= 11 is 2.05. The first-order chi connectivity index (χ1) is 7.88. The third-order valence-corrected chi connectivity index (χ3v) is 5.68. The van der Waals surface area contributed by atoms with Crippen molar-refractivity contribution in [2.75, 3.05) is 6.26 Å². The summed E-state index contributed by atoms with van der Waals surface area (Å²) in [5.41, 5.74) is 0.692. The standard InChI is InChI=1S/C13H20S.C2H6/c1-14-12-8-7-10-4-2-3-9-13(10,12)11-5-6-11;1-2/h8,10-11H,2-7,9H2,1H3;1-2H3. The second-order valence-corrected chi connectivity index (χ2v) is 6.11. The van der Waals surface area contributed by atoms with Crippen molar-refractivity contribution in [3.05, 3.63) is 11.0 Å². The predicted octanol–water partition coefficient (Wildman–Crippen LogP) is 5.25. The van der Waals surface area contributed by atoms with Gasteiger partial charge in [-0.1, -0.05) is 32.8 Å². The summed E-state index contributed by atoms with van der Waals surface area (Å²) < 4.78 is 0. The van der Waals surface area contributed by atoms with E-state index in [1.165, 1.54) is 44.9 Å². The summed E-state index contributed by atoms with van der Waals surface area (Å²) in [5, 5.41) is 0. The van der Waals surface area contributed by atoms with Crippen LogP contribution < -0.4 is 0 Å². The van der Waals surface area contributed by atoms with Crippen molar-refractivity contribution >= 4 is 11.8 Å². The summed E-state index contributed by atoms with van der Waals surface area (Å²) in [5.74, 6) is 2.11. The van der Waals surface area contributed by atoms with Crippen LogP contribution in [0.1, 0.15) is 58.8 Å². The molecule has 1 heteroatoms. The maximum atomic E-state index is 2.57. The van der Waals surface area contributed by atoms with Crippen LogP contribution in [0.5, 0.6) is 0 Å². The Kier molecular flexibility index (Phi) is 4.05. The van der Waals surface area contributed by atoms with E-state index in [-0.39, 0.29) is 0 Å². The lowest BCUT2D eigenvalue weighted by atomic mass is 9.65. The molecule has 0 aromatic heterocycles. The van der Waals surface area contributed by atoms with Crippen molar-refractivity contribution in [1.82, 2.24) is 0 Å². The van der Waals surface area contributed by atoms with Crippen molar-refractivity contribution in [2.45, 2.75) is 58.8 Å². The number of rotatable bonds is 2. The Labute approximate surface area is 105 Å². The summed E-state index contributed by atoms with van der Waals surface area (Å²) in [7, 11) is 0. The van der Waals surface area contributed by atoms with Crippen molar-refractivity contribution in [3.63, 3.8) is 0 Å². The smallest absolute Gasteiger partial charge is 0.00688 e. The van der Waals surface area contributed by atoms with Crippen LogP contribution in [-0.4, -0.2) is 6.26 Å². The second kappa shape index (κ2) is 5.16. The molecule has 3 aliphatic rings. The molecule has 0 saturated heterocycles. The lowest BCUT2D eigenvalue weighted by Gasteiger charge is -2.42. The molecule has 92 valence electrons. The number of hydrogen-bond donors (Lipinski definition) is 0. The molecule has 16 heavy (non-hydrogen) atoms. The van der Waals surface area contributed by atoms with E-state index >= 15 is 0 Å². The molecule has 0 aromatic rings. The van der Waals surface area contributed by atoms with Gasteiger partial charge in [-0.05, 0) is 55.1 Å². The van der Waals surface area contributed by atoms with E-state index in [2.05, 4.69) is 12.3 Å². The molecule has 0 amide bonds. The van der Waals surface area contributed by atoms with E-state index in [1.54, 1.807) is 4.91 Å². The first kappa shape index (κ1) is 12.5. The fourth-order valence-corrected chi connectivity index (χ4v) is 5.05. The Hall–Kier alpha value is 0.0900. The topological polar surface area (TPSA) is 0 Å². The SMILES string of the molecule is CC.CSC1=CCC2CCCCC12C1CC1. The van der Waals surface area contributed by atoms with E-state index in [0.29, 0.717) is 5.41 Å². The molecule has 3 aliphatic carbocycles. The monoisotopic (exact) mass is 238 g/mol. The van der Waals surface area contributed by atoms with Crippen LogP contribution in [0.3, 0.4) is 0 Å². The van der Waals surface area contributed by atoms with E-state index in [4.69, 9.17) is 0 Å². The van der Waals surface area contributed by atoms with Gasteiger partial charge in [0.15, 0.2) is 0 Å². The second-order valence-electron chi connectivity index (χ2n) is 5.27. The van der Waals surface area contributed by atoms with E-state index in [9.17, 15) is 0 Å². The van der Waals surface area contributed by atoms with Gasteiger partial charge in [0.25, 0.3) is 0 Å². The zero-order valence-corrected chi connectivity index (χ0v) is 11.9. The normalized spacial score (nSPS) is 37.2. The maximum Gasteiger partial charge on any atom is 0.00688 e. The van der Waals surface area contributed by atoms with Crippen LogP contribution in [0.15, 0.2) is 11.0 Å². The molecule has 2 unspecified atom stereocenters. The van der Waals surface area contributed by atoms with Gasteiger partial charge in [0.2, 0.25) is 0 Å². The Morgan fingerprint density at radius 2 is 1.88 bits per heavy atom. The molecule has 0 heterocycles. The maximum absolute atomic E-state index is 2.57. The lowest BCUT2D eigenvalue weighted by Crippen LogP contribution is -2.33. The van der Waals surface area contributed by atoms with Gasteiger partial charge in [0, 0.05) is 5.41 Å². The molecule has 0 radical (unpaired) electrons. The van der Waals surface area contributed by atoms with Crippen LogP contribution >= 0.6 is 11.8 Å². The molecular weight excluding hydrogens is 212 g/mol. The third kappa shape index (κ3) is 1.85. The van der Waals surface area contributed by atoms with Crippen LogP contribution in [0, 0.1) is 17.3 Å². The van der Waals surface area contributed by atoms with E-state index < -0.39 is 0 Å². The highest BCUT2D eigenvalue weighted by molar-refractivity contribution is 8.02. The molecule has 2 fully saturated rings. The lowest BCUT2D eigenvalue weighted by molar-refractivity contribution is 0.136. The first-order valence-electron chi connectivity index (χ1n) is 7.12. The molecule has 3 rings (SSSR count). The minimum atomic E-state index is 0.692. The molecule has 2 atom stereocenters. The van der Waals surface area contributed by atoms with Crippen molar-refractivity contribution in [1.29, 1.82) is 0 Å². The van der Waals surface area contributed by atoms with Gasteiger partial charge in [-0.25, -0.2) is 0 Å². The largest absolute Gasteiger partial charge is 0.134 e. The quantitative estimate of drug-likeness (QED) is 0.633. The summed E-state index contributed by atoms with van der Waals surface area (Å²) in [6.45, 7) is 4.00. The number of allylic oxidation sites excluding steroid dienone is 2. The highest BCUT2D eigenvalue weighted by Crippen LogP contribution is 2.65. The van der Waals surface area contributed by atoms with Crippen LogP contribution in [0.4, 0.5) is 0 Å². The molecule has 0 aromatic carbocycles. The summed E-state index contributed by atoms with van der Waals surface area (Å²) in [6, 6.07) is 0.